The molecular weight excluding hydrogens is 386 g/mol. The third kappa shape index (κ3) is 3.93. The molecule has 0 aliphatic carbocycles. The molecule has 30 heavy (non-hydrogen) atoms. The first kappa shape index (κ1) is 19.4. The van der Waals surface area contributed by atoms with E-state index in [1.54, 1.807) is 12.1 Å². The summed E-state index contributed by atoms with van der Waals surface area (Å²) in [5, 5.41) is 5.75. The monoisotopic (exact) mass is 405 g/mol. The number of aryl methyl sites for hydroxylation is 1. The third-order valence-corrected chi connectivity index (χ3v) is 4.79. The number of furan rings is 1. The van der Waals surface area contributed by atoms with Crippen LogP contribution in [0.25, 0.3) is 0 Å². The van der Waals surface area contributed by atoms with Crippen molar-refractivity contribution >= 4 is 17.6 Å². The average Bonchev–Trinajstić information content (AvgIpc) is 3.42. The number of pyridine rings is 1. The molecule has 1 N–H and O–H groups in total. The summed E-state index contributed by atoms with van der Waals surface area (Å²) in [5.74, 6) is -0.805. The van der Waals surface area contributed by atoms with E-state index in [4.69, 9.17) is 9.15 Å². The van der Waals surface area contributed by atoms with Crippen LogP contribution in [0, 0.1) is 6.92 Å². The second-order valence-electron chi connectivity index (χ2n) is 6.88. The Morgan fingerprint density at radius 2 is 2.00 bits per heavy atom. The Balaban J connectivity index is 1.53. The lowest BCUT2D eigenvalue weighted by Crippen LogP contribution is -2.32. The van der Waals surface area contributed by atoms with E-state index in [9.17, 15) is 14.4 Å². The summed E-state index contributed by atoms with van der Waals surface area (Å²) in [7, 11) is 0. The van der Waals surface area contributed by atoms with Crippen molar-refractivity contribution in [3.8, 4) is 0 Å². The van der Waals surface area contributed by atoms with Gasteiger partial charge in [0.15, 0.2) is 6.61 Å². The fourth-order valence-corrected chi connectivity index (χ4v) is 3.22. The van der Waals surface area contributed by atoms with E-state index in [0.29, 0.717) is 12.2 Å². The van der Waals surface area contributed by atoms with Crippen molar-refractivity contribution in [3.63, 3.8) is 0 Å². The number of nitrogens with zero attached hydrogens (tertiary/aromatic N) is 2. The standard InChI is InChI=1S/C22H19N3O5/c1-14-6-8-15(9-7-14)17-12-18(19-5-3-11-29-19)25(24-17)20(26)13-30-22(28)16-4-2-10-23-21(16)27/h2-11,18H,12-13H2,1H3,(H,23,27)/t18-/m0/s1. The second-order valence-corrected chi connectivity index (χ2v) is 6.88. The van der Waals surface area contributed by atoms with E-state index in [1.165, 1.54) is 29.6 Å². The Kier molecular flexibility index (Phi) is 5.30. The van der Waals surface area contributed by atoms with Gasteiger partial charge >= 0.3 is 5.97 Å². The Morgan fingerprint density at radius 3 is 2.70 bits per heavy atom. The molecule has 0 saturated heterocycles. The van der Waals surface area contributed by atoms with E-state index in [0.717, 1.165) is 16.8 Å². The zero-order valence-corrected chi connectivity index (χ0v) is 16.2. The van der Waals surface area contributed by atoms with Gasteiger partial charge in [0.05, 0.1) is 12.0 Å². The Labute approximate surface area is 171 Å². The molecule has 0 fully saturated rings. The van der Waals surface area contributed by atoms with E-state index in [1.807, 2.05) is 31.2 Å². The van der Waals surface area contributed by atoms with Crippen molar-refractivity contribution < 1.29 is 18.7 Å². The van der Waals surface area contributed by atoms with Gasteiger partial charge in [-0.05, 0) is 36.8 Å². The van der Waals surface area contributed by atoms with E-state index < -0.39 is 30.1 Å². The van der Waals surface area contributed by atoms with Gasteiger partial charge in [0.25, 0.3) is 11.5 Å². The highest BCUT2D eigenvalue weighted by molar-refractivity contribution is 6.03. The van der Waals surface area contributed by atoms with Crippen LogP contribution in [-0.4, -0.2) is 34.2 Å². The van der Waals surface area contributed by atoms with Crippen molar-refractivity contribution in [1.82, 2.24) is 9.99 Å². The van der Waals surface area contributed by atoms with E-state index in [-0.39, 0.29) is 5.56 Å². The minimum Gasteiger partial charge on any atom is -0.467 e. The number of aromatic amines is 1. The van der Waals surface area contributed by atoms with Crippen LogP contribution in [0.4, 0.5) is 0 Å². The van der Waals surface area contributed by atoms with Crippen LogP contribution in [0.3, 0.4) is 0 Å². The van der Waals surface area contributed by atoms with E-state index >= 15 is 0 Å². The van der Waals surface area contributed by atoms with Crippen molar-refractivity contribution in [1.29, 1.82) is 0 Å². The highest BCUT2D eigenvalue weighted by atomic mass is 16.5. The van der Waals surface area contributed by atoms with Crippen LogP contribution in [0.2, 0.25) is 0 Å². The summed E-state index contributed by atoms with van der Waals surface area (Å²) in [6.45, 7) is 1.45. The quantitative estimate of drug-likeness (QED) is 0.657. The van der Waals surface area contributed by atoms with E-state index in [2.05, 4.69) is 10.1 Å². The second kappa shape index (κ2) is 8.20. The number of hydrogen-bond donors (Lipinski definition) is 1. The van der Waals surface area contributed by atoms with Crippen LogP contribution < -0.4 is 5.56 Å². The normalized spacial score (nSPS) is 15.7. The van der Waals surface area contributed by atoms with Gasteiger partial charge in [0, 0.05) is 12.6 Å². The van der Waals surface area contributed by atoms with Crippen molar-refractivity contribution in [2.45, 2.75) is 19.4 Å². The number of esters is 1. The summed E-state index contributed by atoms with van der Waals surface area (Å²) >= 11 is 0. The topological polar surface area (TPSA) is 105 Å². The Bertz CT molecular complexity index is 1150. The molecule has 1 aliphatic heterocycles. The molecule has 0 unspecified atom stereocenters. The Hall–Kier alpha value is -3.94. The summed E-state index contributed by atoms with van der Waals surface area (Å²) in [6.07, 6.45) is 3.40. The molecule has 1 aliphatic rings. The first-order valence-corrected chi connectivity index (χ1v) is 9.38. The average molecular weight is 405 g/mol. The number of nitrogens with one attached hydrogen (secondary N) is 1. The molecule has 3 aromatic rings. The van der Waals surface area contributed by atoms with Gasteiger partial charge in [0.1, 0.15) is 17.4 Å². The number of aromatic nitrogens is 1. The van der Waals surface area contributed by atoms with Crippen LogP contribution in [0.1, 0.15) is 39.7 Å². The molecule has 0 bridgehead atoms. The molecule has 8 nitrogen and oxygen atoms in total. The van der Waals surface area contributed by atoms with Crippen LogP contribution in [-0.2, 0) is 9.53 Å². The van der Waals surface area contributed by atoms with Crippen molar-refractivity contribution in [2.75, 3.05) is 6.61 Å². The number of H-pyrrole nitrogens is 1. The summed E-state index contributed by atoms with van der Waals surface area (Å²) in [6, 6.07) is 13.8. The van der Waals surface area contributed by atoms with Crippen molar-refractivity contribution in [3.05, 3.63) is 93.8 Å². The fourth-order valence-electron chi connectivity index (χ4n) is 3.22. The van der Waals surface area contributed by atoms with Gasteiger partial charge in [-0.2, -0.15) is 5.10 Å². The van der Waals surface area contributed by atoms with Crippen LogP contribution in [0.15, 0.2) is 75.3 Å². The number of carbonyl (C=O) groups excluding carboxylic acids is 2. The molecule has 3 heterocycles. The molecule has 1 aromatic carbocycles. The molecule has 0 radical (unpaired) electrons. The van der Waals surface area contributed by atoms with Crippen LogP contribution in [0.5, 0.6) is 0 Å². The molecule has 1 atom stereocenters. The molecule has 1 amide bonds. The van der Waals surface area contributed by atoms with Gasteiger partial charge in [0.2, 0.25) is 0 Å². The zero-order chi connectivity index (χ0) is 21.1. The number of ether oxygens (including phenoxy) is 1. The number of carbonyl (C=O) groups is 2. The smallest absolute Gasteiger partial charge is 0.344 e. The highest BCUT2D eigenvalue weighted by Crippen LogP contribution is 2.33. The van der Waals surface area contributed by atoms with Gasteiger partial charge in [-0.25, -0.2) is 9.80 Å². The Morgan fingerprint density at radius 1 is 1.20 bits per heavy atom. The molecule has 152 valence electrons. The molecule has 0 spiro atoms. The zero-order valence-electron chi connectivity index (χ0n) is 16.2. The van der Waals surface area contributed by atoms with Crippen molar-refractivity contribution in [2.24, 2.45) is 5.10 Å². The lowest BCUT2D eigenvalue weighted by molar-refractivity contribution is -0.136. The largest absolute Gasteiger partial charge is 0.467 e. The van der Waals surface area contributed by atoms with Gasteiger partial charge in [-0.15, -0.1) is 0 Å². The number of rotatable bonds is 5. The minimum absolute atomic E-state index is 0.168. The number of hydrogen-bond acceptors (Lipinski definition) is 6. The van der Waals surface area contributed by atoms with Gasteiger partial charge in [-0.1, -0.05) is 29.8 Å². The minimum atomic E-state index is -0.873. The first-order chi connectivity index (χ1) is 14.5. The maximum Gasteiger partial charge on any atom is 0.344 e. The third-order valence-electron chi connectivity index (χ3n) is 4.79. The summed E-state index contributed by atoms with van der Waals surface area (Å²) in [4.78, 5) is 39.1. The lowest BCUT2D eigenvalue weighted by atomic mass is 10.0. The summed E-state index contributed by atoms with van der Waals surface area (Å²) < 4.78 is 10.5. The summed E-state index contributed by atoms with van der Waals surface area (Å²) in [5.41, 5.74) is 2.01. The maximum absolute atomic E-state index is 12.8. The fraction of sp³-hybridized carbons (Fsp3) is 0.182. The maximum atomic E-state index is 12.8. The molecule has 0 saturated carbocycles. The van der Waals surface area contributed by atoms with Gasteiger partial charge in [-0.3, -0.25) is 9.59 Å². The predicted octanol–water partition coefficient (Wildman–Crippen LogP) is 2.81. The number of amides is 1. The number of hydrazone groups is 1. The molecule has 8 heteroatoms. The number of benzene rings is 1. The highest BCUT2D eigenvalue weighted by Gasteiger charge is 2.35. The predicted molar refractivity (Wildman–Crippen MR) is 108 cm³/mol. The van der Waals surface area contributed by atoms with Crippen LogP contribution >= 0.6 is 0 Å². The lowest BCUT2D eigenvalue weighted by Gasteiger charge is -2.19. The molecule has 2 aromatic heterocycles. The molecule has 4 rings (SSSR count). The first-order valence-electron chi connectivity index (χ1n) is 9.38. The van der Waals surface area contributed by atoms with Gasteiger partial charge < -0.3 is 14.1 Å². The molecular formula is C22H19N3O5. The SMILES string of the molecule is Cc1ccc(C2=NN(C(=O)COC(=O)c3ccc[nH]c3=O)[C@H](c3ccco3)C2)cc1.